The molecular weight excluding hydrogens is 425 g/mol. The summed E-state index contributed by atoms with van der Waals surface area (Å²) in [7, 11) is 0. The first kappa shape index (κ1) is 22.1. The molecule has 1 saturated heterocycles. The second-order valence-corrected chi connectivity index (χ2v) is 9.76. The van der Waals surface area contributed by atoms with E-state index in [0.717, 1.165) is 38.8 Å². The molecule has 144 valence electrons. The van der Waals surface area contributed by atoms with Crippen LogP contribution in [0.2, 0.25) is 0 Å². The number of carbonyl (C=O) groups excluding carboxylic acids is 1. The summed E-state index contributed by atoms with van der Waals surface area (Å²) in [5, 5.41) is 0. The third-order valence-corrected chi connectivity index (χ3v) is 4.94. The van der Waals surface area contributed by atoms with E-state index in [0.29, 0.717) is 13.2 Å². The molecule has 0 radical (unpaired) electrons. The van der Waals surface area contributed by atoms with E-state index in [-0.39, 0.29) is 15.7 Å². The van der Waals surface area contributed by atoms with Gasteiger partial charge in [-0.25, -0.2) is 0 Å². The van der Waals surface area contributed by atoms with Crippen molar-refractivity contribution in [3.05, 3.63) is 0 Å². The van der Waals surface area contributed by atoms with Gasteiger partial charge < -0.3 is 0 Å². The molecule has 0 aromatic rings. The quantitative estimate of drug-likeness (QED) is 0.219. The van der Waals surface area contributed by atoms with Crippen molar-refractivity contribution in [2.24, 2.45) is 0 Å². The molecule has 1 aliphatic heterocycles. The van der Waals surface area contributed by atoms with Crippen molar-refractivity contribution in [1.29, 1.82) is 0 Å². The monoisotopic (exact) mass is 459 g/mol. The average Bonchev–Trinajstić information content (AvgIpc) is 2.78. The molecule has 0 aromatic carbocycles. The van der Waals surface area contributed by atoms with Crippen LogP contribution < -0.4 is 3.53 Å². The van der Waals surface area contributed by atoms with Gasteiger partial charge in [0.05, 0.1) is 0 Å². The number of unbranched alkanes of at least 4 members (excludes halogenated alkanes) is 3. The molecule has 1 N–H and O–H groups in total. The fourth-order valence-corrected chi connectivity index (χ4v) is 4.07. The summed E-state index contributed by atoms with van der Waals surface area (Å²) in [6.07, 6.45) is 4.48. The predicted molar refractivity (Wildman–Crippen MR) is 104 cm³/mol. The van der Waals surface area contributed by atoms with Crippen molar-refractivity contribution in [3.8, 4) is 0 Å². The van der Waals surface area contributed by atoms with Crippen LogP contribution in [0.4, 0.5) is 4.79 Å². The molecule has 1 unspecified atom stereocenters. The van der Waals surface area contributed by atoms with Crippen LogP contribution in [0.5, 0.6) is 0 Å². The Morgan fingerprint density at radius 2 is 1.96 bits per heavy atom. The molecule has 1 fully saturated rings. The summed E-state index contributed by atoms with van der Waals surface area (Å²) in [6.45, 7) is 12.4. The zero-order valence-electron chi connectivity index (χ0n) is 15.7. The first-order valence-electron chi connectivity index (χ1n) is 8.70. The Balaban J connectivity index is 1.83. The fourth-order valence-electron chi connectivity index (χ4n) is 2.20. The van der Waals surface area contributed by atoms with Gasteiger partial charge in [-0.15, -0.1) is 0 Å². The Morgan fingerprint density at radius 1 is 1.25 bits per heavy atom. The summed E-state index contributed by atoms with van der Waals surface area (Å²) < 4.78 is 25.3. The van der Waals surface area contributed by atoms with Crippen LogP contribution in [0.1, 0.15) is 60.3 Å². The molecule has 7 heteroatoms. The second kappa shape index (κ2) is 10.9. The van der Waals surface area contributed by atoms with Gasteiger partial charge in [-0.2, -0.15) is 0 Å². The zero-order valence-corrected chi connectivity index (χ0v) is 18.0. The van der Waals surface area contributed by atoms with Crippen LogP contribution in [0.3, 0.4) is 0 Å². The van der Waals surface area contributed by atoms with Gasteiger partial charge in [-0.1, -0.05) is 0 Å². The number of halogens is 1. The Bertz CT molecular complexity index is 370. The van der Waals surface area contributed by atoms with Crippen LogP contribution in [0, 0.1) is 0 Å². The Kier molecular flexibility index (Phi) is 10.0. The molecule has 0 saturated carbocycles. The van der Waals surface area contributed by atoms with Crippen molar-refractivity contribution >= 4 is 25.5 Å². The minimum atomic E-state index is -0.891. The van der Waals surface area contributed by atoms with Gasteiger partial charge in [-0.3, -0.25) is 0 Å². The van der Waals surface area contributed by atoms with E-state index in [1.165, 1.54) is 0 Å². The third-order valence-electron chi connectivity index (χ3n) is 3.23. The summed E-state index contributed by atoms with van der Waals surface area (Å²) >= 11 is -0.891. The molecule has 0 bridgehead atoms. The SMILES string of the molecule is CC(C)(C)OC(=O)[IH]NCCCCCCOCC1COC(C)(C)O1. The van der Waals surface area contributed by atoms with E-state index >= 15 is 0 Å². The normalized spacial score (nSPS) is 20.5. The van der Waals surface area contributed by atoms with Crippen molar-refractivity contribution in [2.45, 2.75) is 77.8 Å². The van der Waals surface area contributed by atoms with Gasteiger partial charge in [0.25, 0.3) is 0 Å². The van der Waals surface area contributed by atoms with Crippen LogP contribution in [-0.2, 0) is 18.9 Å². The minimum absolute atomic E-state index is 0.0571. The molecule has 1 atom stereocenters. The summed E-state index contributed by atoms with van der Waals surface area (Å²) in [5.41, 5.74) is -0.380. The Morgan fingerprint density at radius 3 is 2.58 bits per heavy atom. The van der Waals surface area contributed by atoms with Crippen molar-refractivity contribution in [3.63, 3.8) is 0 Å². The molecule has 0 aliphatic carbocycles. The molecule has 1 rings (SSSR count). The standard InChI is InChI=1S/C17H34INO5/c1-16(2,3)24-15(20)18-19-10-8-6-7-9-11-21-12-14-13-22-17(4,5)23-14/h14,18-19H,6-13H2,1-5H3. The van der Waals surface area contributed by atoms with Crippen molar-refractivity contribution in [2.75, 3.05) is 26.4 Å². The van der Waals surface area contributed by atoms with Gasteiger partial charge in [0.2, 0.25) is 0 Å². The van der Waals surface area contributed by atoms with E-state index in [4.69, 9.17) is 18.9 Å². The molecule has 0 aromatic heterocycles. The van der Waals surface area contributed by atoms with E-state index in [2.05, 4.69) is 3.53 Å². The van der Waals surface area contributed by atoms with Gasteiger partial charge in [0, 0.05) is 0 Å². The maximum atomic E-state index is 11.6. The van der Waals surface area contributed by atoms with E-state index in [1.54, 1.807) is 0 Å². The summed E-state index contributed by atoms with van der Waals surface area (Å²) in [6, 6.07) is 0. The number of nitrogens with one attached hydrogen (secondary N) is 1. The molecule has 0 spiro atoms. The molecule has 24 heavy (non-hydrogen) atoms. The van der Waals surface area contributed by atoms with E-state index in [9.17, 15) is 4.79 Å². The number of carbonyl (C=O) groups is 1. The molecular formula is C17H34INO5. The molecule has 1 aliphatic rings. The Labute approximate surface area is 156 Å². The Hall–Kier alpha value is 0.0400. The van der Waals surface area contributed by atoms with Gasteiger partial charge >= 0.3 is 143 Å². The number of rotatable bonds is 11. The molecule has 1 heterocycles. The van der Waals surface area contributed by atoms with Gasteiger partial charge in [0.1, 0.15) is 0 Å². The van der Waals surface area contributed by atoms with Crippen LogP contribution in [-0.4, -0.2) is 47.8 Å². The third kappa shape index (κ3) is 11.6. The molecule has 0 amide bonds. The van der Waals surface area contributed by atoms with Crippen molar-refractivity contribution < 1.29 is 23.7 Å². The summed E-state index contributed by atoms with van der Waals surface area (Å²) in [5.74, 6) is -0.469. The van der Waals surface area contributed by atoms with E-state index in [1.807, 2.05) is 34.6 Å². The van der Waals surface area contributed by atoms with Crippen molar-refractivity contribution in [1.82, 2.24) is 3.53 Å². The zero-order chi connectivity index (χ0) is 18.1. The predicted octanol–water partition coefficient (Wildman–Crippen LogP) is 3.86. The van der Waals surface area contributed by atoms with E-state index < -0.39 is 27.3 Å². The van der Waals surface area contributed by atoms with Crippen LogP contribution in [0.15, 0.2) is 0 Å². The maximum absolute atomic E-state index is 11.6. The average molecular weight is 459 g/mol. The van der Waals surface area contributed by atoms with Gasteiger partial charge in [0.15, 0.2) is 0 Å². The molecule has 6 nitrogen and oxygen atoms in total. The number of hydrogen-bond acceptors (Lipinski definition) is 6. The number of hydrogen-bond donors (Lipinski definition) is 1. The summed E-state index contributed by atoms with van der Waals surface area (Å²) in [4.78, 5) is 11.6. The number of ether oxygens (including phenoxy) is 4. The van der Waals surface area contributed by atoms with Gasteiger partial charge in [-0.05, 0) is 13.8 Å². The first-order chi connectivity index (χ1) is 11.2. The van der Waals surface area contributed by atoms with Crippen LogP contribution in [0.25, 0.3) is 0 Å². The first-order valence-corrected chi connectivity index (χ1v) is 11.0. The second-order valence-electron chi connectivity index (χ2n) is 7.40. The fraction of sp³-hybridized carbons (Fsp3) is 0.941. The van der Waals surface area contributed by atoms with Crippen LogP contribution >= 0.6 is 21.5 Å². The topological polar surface area (TPSA) is 66.0 Å².